The first-order valence-electron chi connectivity index (χ1n) is 9.12. The van der Waals surface area contributed by atoms with Gasteiger partial charge in [-0.2, -0.15) is 13.2 Å². The smallest absolute Gasteiger partial charge is 0.314 e. The minimum atomic E-state index is -4.85. The Kier molecular flexibility index (Phi) is 5.21. The van der Waals surface area contributed by atoms with Crippen LogP contribution in [0.5, 0.6) is 0 Å². The third kappa shape index (κ3) is 3.94. The predicted octanol–water partition coefficient (Wildman–Crippen LogP) is 3.66. The molecule has 0 spiro atoms. The molecule has 4 aromatic rings. The number of primary sulfonamides is 1. The number of nitrogens with two attached hydrogens (primary N) is 1. The Hall–Kier alpha value is -3.38. The number of nitrogens with zero attached hydrogens (tertiary/aromatic N) is 4. The average molecular weight is 465 g/mol. The van der Waals surface area contributed by atoms with Crippen molar-refractivity contribution >= 4 is 21.1 Å². The summed E-state index contributed by atoms with van der Waals surface area (Å²) in [5.41, 5.74) is 1.15. The van der Waals surface area contributed by atoms with Crippen molar-refractivity contribution in [1.82, 2.24) is 19.5 Å². The highest BCUT2D eigenvalue weighted by molar-refractivity contribution is 7.89. The van der Waals surface area contributed by atoms with Gasteiger partial charge in [0.2, 0.25) is 15.8 Å². The van der Waals surface area contributed by atoms with E-state index in [2.05, 4.69) is 15.0 Å². The first kappa shape index (κ1) is 21.8. The van der Waals surface area contributed by atoms with Crippen LogP contribution < -0.4 is 5.14 Å². The molecule has 32 heavy (non-hydrogen) atoms. The third-order valence-electron chi connectivity index (χ3n) is 4.82. The number of alkyl halides is 3. The molecule has 0 bridgehead atoms. The molecule has 0 aliphatic rings. The van der Waals surface area contributed by atoms with Gasteiger partial charge in [-0.05, 0) is 18.6 Å². The maximum Gasteiger partial charge on any atom is 0.449 e. The van der Waals surface area contributed by atoms with Gasteiger partial charge in [0.15, 0.2) is 0 Å². The highest BCUT2D eigenvalue weighted by atomic mass is 32.2. The van der Waals surface area contributed by atoms with Gasteiger partial charge in [0, 0.05) is 17.5 Å². The van der Waals surface area contributed by atoms with Crippen molar-refractivity contribution in [3.8, 4) is 11.1 Å². The Morgan fingerprint density at radius 1 is 1.09 bits per heavy atom. The summed E-state index contributed by atoms with van der Waals surface area (Å²) in [5.74, 6) is -2.37. The van der Waals surface area contributed by atoms with Crippen molar-refractivity contribution in [3.63, 3.8) is 0 Å². The number of halogens is 4. The molecule has 7 nitrogen and oxygen atoms in total. The molecule has 12 heteroatoms. The Morgan fingerprint density at radius 2 is 1.78 bits per heavy atom. The maximum absolute atomic E-state index is 14.6. The van der Waals surface area contributed by atoms with Crippen molar-refractivity contribution in [2.45, 2.75) is 24.5 Å². The van der Waals surface area contributed by atoms with Crippen molar-refractivity contribution < 1.29 is 26.0 Å². The van der Waals surface area contributed by atoms with E-state index in [9.17, 15) is 26.0 Å². The minimum absolute atomic E-state index is 0.0247. The number of aromatic nitrogens is 4. The fraction of sp³-hybridized carbons (Fsp3) is 0.150. The molecule has 4 rings (SSSR count). The summed E-state index contributed by atoms with van der Waals surface area (Å²) in [7, 11) is -4.23. The molecule has 3 aromatic heterocycles. The molecule has 166 valence electrons. The number of pyridine rings is 2. The number of hydrogen-bond acceptors (Lipinski definition) is 5. The van der Waals surface area contributed by atoms with Crippen LogP contribution >= 0.6 is 0 Å². The van der Waals surface area contributed by atoms with Crippen LogP contribution in [0.4, 0.5) is 17.6 Å². The van der Waals surface area contributed by atoms with Gasteiger partial charge < -0.3 is 4.57 Å². The molecular formula is C20H15F4N5O2S. The molecule has 0 unspecified atom stereocenters. The molecular weight excluding hydrogens is 450 g/mol. The number of benzene rings is 1. The largest absolute Gasteiger partial charge is 0.449 e. The number of imidazole rings is 1. The second-order valence-electron chi connectivity index (χ2n) is 6.98. The van der Waals surface area contributed by atoms with Crippen LogP contribution in [0.15, 0.2) is 53.7 Å². The van der Waals surface area contributed by atoms with Gasteiger partial charge in [0.1, 0.15) is 16.2 Å². The lowest BCUT2D eigenvalue weighted by Crippen LogP contribution is -2.18. The monoisotopic (exact) mass is 465 g/mol. The normalized spacial score (nSPS) is 12.4. The molecule has 0 saturated carbocycles. The second-order valence-corrected chi connectivity index (χ2v) is 8.54. The van der Waals surface area contributed by atoms with Gasteiger partial charge in [-0.1, -0.05) is 30.3 Å². The molecule has 1 aromatic carbocycles. The van der Waals surface area contributed by atoms with Gasteiger partial charge in [-0.3, -0.25) is 9.97 Å². The van der Waals surface area contributed by atoms with E-state index < -0.39 is 45.0 Å². The van der Waals surface area contributed by atoms with E-state index >= 15 is 0 Å². The lowest BCUT2D eigenvalue weighted by Gasteiger charge is -2.15. The van der Waals surface area contributed by atoms with E-state index in [1.165, 1.54) is 6.20 Å². The zero-order valence-corrected chi connectivity index (χ0v) is 17.2. The van der Waals surface area contributed by atoms with Crippen LogP contribution in [-0.4, -0.2) is 27.9 Å². The van der Waals surface area contributed by atoms with Crippen LogP contribution in [0, 0.1) is 12.7 Å². The van der Waals surface area contributed by atoms with Crippen LogP contribution in [0.3, 0.4) is 0 Å². The van der Waals surface area contributed by atoms with E-state index in [0.717, 1.165) is 10.8 Å². The molecule has 0 atom stereocenters. The molecule has 0 fully saturated rings. The zero-order valence-electron chi connectivity index (χ0n) is 16.4. The van der Waals surface area contributed by atoms with Gasteiger partial charge >= 0.3 is 6.18 Å². The topological polar surface area (TPSA) is 104 Å². The average Bonchev–Trinajstić information content (AvgIpc) is 3.08. The number of fused-ring (bicyclic) bond motifs is 1. The molecule has 0 saturated heterocycles. The number of rotatable bonds is 4. The molecule has 0 radical (unpaired) electrons. The summed E-state index contributed by atoms with van der Waals surface area (Å²) >= 11 is 0. The van der Waals surface area contributed by atoms with E-state index in [4.69, 9.17) is 5.14 Å². The quantitative estimate of drug-likeness (QED) is 0.464. The highest BCUT2D eigenvalue weighted by Crippen LogP contribution is 2.37. The zero-order chi connectivity index (χ0) is 23.3. The Bertz CT molecular complexity index is 1430. The second kappa shape index (κ2) is 7.64. The Balaban J connectivity index is 1.99. The summed E-state index contributed by atoms with van der Waals surface area (Å²) in [6.07, 6.45) is -2.83. The van der Waals surface area contributed by atoms with Crippen molar-refractivity contribution in [2.24, 2.45) is 5.14 Å². The third-order valence-corrected chi connectivity index (χ3v) is 5.70. The van der Waals surface area contributed by atoms with Crippen molar-refractivity contribution in [1.29, 1.82) is 0 Å². The first-order chi connectivity index (χ1) is 15.0. The van der Waals surface area contributed by atoms with Gasteiger partial charge in [0.25, 0.3) is 0 Å². The lowest BCUT2D eigenvalue weighted by atomic mass is 10.0. The summed E-state index contributed by atoms with van der Waals surface area (Å²) in [6, 6.07) is 9.27. The molecule has 2 N–H and O–H groups in total. The standard InChI is InChI=1S/C20H15F4N5O2S/c1-11-17(12-5-3-2-4-6-12)18-15(9-26-11)28-19(20(22,23)24)29(18)10-16-14(21)7-13(8-27-16)32(25,30)31/h2-9H,10H2,1H3,(H2,25,30,31). The Labute approximate surface area is 179 Å². The van der Waals surface area contributed by atoms with Crippen LogP contribution in [0.25, 0.3) is 22.2 Å². The molecule has 0 amide bonds. The lowest BCUT2D eigenvalue weighted by molar-refractivity contribution is -0.146. The summed E-state index contributed by atoms with van der Waals surface area (Å²) < 4.78 is 79.7. The predicted molar refractivity (Wildman–Crippen MR) is 107 cm³/mol. The minimum Gasteiger partial charge on any atom is -0.314 e. The molecule has 3 heterocycles. The van der Waals surface area contributed by atoms with Gasteiger partial charge in [-0.25, -0.2) is 22.9 Å². The van der Waals surface area contributed by atoms with E-state index in [0.29, 0.717) is 22.9 Å². The van der Waals surface area contributed by atoms with Gasteiger partial charge in [-0.15, -0.1) is 0 Å². The van der Waals surface area contributed by atoms with Crippen LogP contribution in [0.2, 0.25) is 0 Å². The summed E-state index contributed by atoms with van der Waals surface area (Å²) in [4.78, 5) is 11.0. The number of hydrogen-bond donors (Lipinski definition) is 1. The van der Waals surface area contributed by atoms with E-state index in [1.54, 1.807) is 37.3 Å². The van der Waals surface area contributed by atoms with E-state index in [-0.39, 0.29) is 11.0 Å². The summed E-state index contributed by atoms with van der Waals surface area (Å²) in [5, 5.41) is 4.96. The fourth-order valence-corrected chi connectivity index (χ4v) is 3.88. The SMILES string of the molecule is Cc1ncc2nc(C(F)(F)F)n(Cc3ncc(S(N)(=O)=O)cc3F)c2c1-c1ccccc1. The Morgan fingerprint density at radius 3 is 2.38 bits per heavy atom. The molecule has 0 aliphatic heterocycles. The van der Waals surface area contributed by atoms with Gasteiger partial charge in [0.05, 0.1) is 24.0 Å². The van der Waals surface area contributed by atoms with Crippen LogP contribution in [-0.2, 0) is 22.7 Å². The highest BCUT2D eigenvalue weighted by Gasteiger charge is 2.38. The first-order valence-corrected chi connectivity index (χ1v) is 10.7. The fourth-order valence-electron chi connectivity index (χ4n) is 3.41. The summed E-state index contributed by atoms with van der Waals surface area (Å²) in [6.45, 7) is 0.997. The number of aryl methyl sites for hydroxylation is 1. The van der Waals surface area contributed by atoms with Crippen molar-refractivity contribution in [3.05, 3.63) is 71.8 Å². The number of sulfonamides is 1. The molecule has 0 aliphatic carbocycles. The van der Waals surface area contributed by atoms with E-state index in [1.807, 2.05) is 0 Å². The maximum atomic E-state index is 14.6. The van der Waals surface area contributed by atoms with Crippen LogP contribution in [0.1, 0.15) is 17.2 Å². The van der Waals surface area contributed by atoms with Crippen molar-refractivity contribution in [2.75, 3.05) is 0 Å².